The minimum Gasteiger partial charge on any atom is -0.480 e. The summed E-state index contributed by atoms with van der Waals surface area (Å²) >= 11 is 2.93. The van der Waals surface area contributed by atoms with E-state index in [1.54, 1.807) is 0 Å². The number of aryl methyl sites for hydroxylation is 1. The summed E-state index contributed by atoms with van der Waals surface area (Å²) in [5.74, 6) is -0.113. The van der Waals surface area contributed by atoms with E-state index in [2.05, 4.69) is 10.3 Å². The van der Waals surface area contributed by atoms with Crippen LogP contribution in [-0.2, 0) is 4.79 Å². The number of rotatable bonds is 3. The molecule has 1 unspecified atom stereocenters. The third-order valence-corrected chi connectivity index (χ3v) is 4.93. The van der Waals surface area contributed by atoms with Crippen molar-refractivity contribution in [3.63, 3.8) is 0 Å². The Hall–Kier alpha value is -1.28. The predicted molar refractivity (Wildman–Crippen MR) is 74.4 cm³/mol. The van der Waals surface area contributed by atoms with Gasteiger partial charge in [-0.05, 0) is 13.8 Å². The zero-order chi connectivity index (χ0) is 14.0. The molecule has 0 bridgehead atoms. The minimum absolute atomic E-state index is 0.216. The molecule has 2 heterocycles. The highest BCUT2D eigenvalue weighted by molar-refractivity contribution is 7.99. The van der Waals surface area contributed by atoms with Gasteiger partial charge in [-0.15, -0.1) is 23.1 Å². The number of urea groups is 1. The molecule has 0 spiro atoms. The molecule has 1 fully saturated rings. The van der Waals surface area contributed by atoms with E-state index >= 15 is 0 Å². The SMILES string of the molecule is Cc1csc(C(C)NC(=O)N2CSC[C@H]2C(=O)O)n1. The zero-order valence-electron chi connectivity index (χ0n) is 10.6. The first-order valence-electron chi connectivity index (χ1n) is 5.78. The van der Waals surface area contributed by atoms with Crippen LogP contribution in [0.4, 0.5) is 4.79 Å². The van der Waals surface area contributed by atoms with Crippen LogP contribution >= 0.6 is 23.1 Å². The molecule has 2 atom stereocenters. The van der Waals surface area contributed by atoms with Gasteiger partial charge in [0.05, 0.1) is 11.9 Å². The summed E-state index contributed by atoms with van der Waals surface area (Å²) in [6.45, 7) is 3.74. The number of amides is 2. The largest absolute Gasteiger partial charge is 0.480 e. The maximum Gasteiger partial charge on any atom is 0.327 e. The Balaban J connectivity index is 1.99. The lowest BCUT2D eigenvalue weighted by Gasteiger charge is -2.22. The molecule has 19 heavy (non-hydrogen) atoms. The number of nitrogens with one attached hydrogen (secondary N) is 1. The summed E-state index contributed by atoms with van der Waals surface area (Å²) < 4.78 is 0. The number of carbonyl (C=O) groups is 2. The number of carboxylic acid groups (broad SMARTS) is 1. The molecular formula is C11H15N3O3S2. The van der Waals surface area contributed by atoms with Gasteiger partial charge in [-0.2, -0.15) is 0 Å². The summed E-state index contributed by atoms with van der Waals surface area (Å²) in [5, 5.41) is 14.6. The maximum absolute atomic E-state index is 12.1. The molecular weight excluding hydrogens is 286 g/mol. The summed E-state index contributed by atoms with van der Waals surface area (Å²) in [5.41, 5.74) is 0.918. The summed E-state index contributed by atoms with van der Waals surface area (Å²) in [6, 6.07) is -1.31. The third-order valence-electron chi connectivity index (χ3n) is 2.78. The van der Waals surface area contributed by atoms with Crippen molar-refractivity contribution in [3.8, 4) is 0 Å². The Kier molecular flexibility index (Phi) is 4.31. The van der Waals surface area contributed by atoms with Crippen LogP contribution in [0.1, 0.15) is 23.7 Å². The molecule has 0 saturated carbocycles. The average Bonchev–Trinajstić information content (AvgIpc) is 2.96. The fourth-order valence-corrected chi connectivity index (χ4v) is 3.70. The highest BCUT2D eigenvalue weighted by Crippen LogP contribution is 2.23. The monoisotopic (exact) mass is 301 g/mol. The lowest BCUT2D eigenvalue weighted by molar-refractivity contribution is -0.140. The number of thioether (sulfide) groups is 1. The molecule has 1 aromatic rings. The van der Waals surface area contributed by atoms with Crippen molar-refractivity contribution in [3.05, 3.63) is 16.1 Å². The zero-order valence-corrected chi connectivity index (χ0v) is 12.3. The highest BCUT2D eigenvalue weighted by Gasteiger charge is 2.35. The summed E-state index contributed by atoms with van der Waals surface area (Å²) in [6.07, 6.45) is 0. The topological polar surface area (TPSA) is 82.5 Å². The molecule has 8 heteroatoms. The lowest BCUT2D eigenvalue weighted by atomic mass is 10.3. The maximum atomic E-state index is 12.1. The number of hydrogen-bond donors (Lipinski definition) is 2. The van der Waals surface area contributed by atoms with Crippen LogP contribution in [0, 0.1) is 6.92 Å². The number of carbonyl (C=O) groups excluding carboxylic acids is 1. The van der Waals surface area contributed by atoms with Gasteiger partial charge in [0, 0.05) is 16.8 Å². The first kappa shape index (κ1) is 14.1. The first-order valence-corrected chi connectivity index (χ1v) is 7.82. The Labute approximate surface area is 119 Å². The Morgan fingerprint density at radius 1 is 1.63 bits per heavy atom. The molecule has 2 rings (SSSR count). The third kappa shape index (κ3) is 3.19. The number of hydrogen-bond acceptors (Lipinski definition) is 5. The number of aromatic nitrogens is 1. The first-order chi connectivity index (χ1) is 8.99. The quantitative estimate of drug-likeness (QED) is 0.887. The van der Waals surface area contributed by atoms with E-state index in [4.69, 9.17) is 5.11 Å². The molecule has 1 aliphatic heterocycles. The molecule has 0 aliphatic carbocycles. The summed E-state index contributed by atoms with van der Waals surface area (Å²) in [7, 11) is 0. The molecule has 6 nitrogen and oxygen atoms in total. The van der Waals surface area contributed by atoms with Gasteiger partial charge >= 0.3 is 12.0 Å². The molecule has 1 aliphatic rings. The van der Waals surface area contributed by atoms with Crippen LogP contribution in [0.15, 0.2) is 5.38 Å². The van der Waals surface area contributed by atoms with Crippen LogP contribution in [-0.4, -0.2) is 44.7 Å². The second kappa shape index (κ2) is 5.79. The van der Waals surface area contributed by atoms with Crippen molar-refractivity contribution < 1.29 is 14.7 Å². The van der Waals surface area contributed by atoms with Gasteiger partial charge in [0.2, 0.25) is 0 Å². The smallest absolute Gasteiger partial charge is 0.327 e. The second-order valence-electron chi connectivity index (χ2n) is 4.32. The number of nitrogens with zero attached hydrogens (tertiary/aromatic N) is 2. The molecule has 2 N–H and O–H groups in total. The van der Waals surface area contributed by atoms with Crippen molar-refractivity contribution in [2.45, 2.75) is 25.9 Å². The Morgan fingerprint density at radius 2 is 2.37 bits per heavy atom. The van der Waals surface area contributed by atoms with Gasteiger partial charge < -0.3 is 15.3 Å². The van der Waals surface area contributed by atoms with E-state index < -0.39 is 12.0 Å². The lowest BCUT2D eigenvalue weighted by Crippen LogP contribution is -2.47. The minimum atomic E-state index is -0.960. The van der Waals surface area contributed by atoms with E-state index in [1.165, 1.54) is 28.0 Å². The van der Waals surface area contributed by atoms with Gasteiger partial charge in [0.25, 0.3) is 0 Å². The molecule has 2 amide bonds. The average molecular weight is 301 g/mol. The molecule has 104 valence electrons. The normalized spacial score (nSPS) is 20.3. The van der Waals surface area contributed by atoms with Crippen LogP contribution in [0.3, 0.4) is 0 Å². The number of carboxylic acids is 1. The number of thiazole rings is 1. The molecule has 0 aromatic carbocycles. The second-order valence-corrected chi connectivity index (χ2v) is 6.21. The van der Waals surface area contributed by atoms with Crippen LogP contribution in [0.25, 0.3) is 0 Å². The van der Waals surface area contributed by atoms with Gasteiger partial charge in [-0.25, -0.2) is 14.6 Å². The van der Waals surface area contributed by atoms with E-state index in [9.17, 15) is 9.59 Å². The van der Waals surface area contributed by atoms with E-state index in [0.29, 0.717) is 11.6 Å². The van der Waals surface area contributed by atoms with E-state index in [1.807, 2.05) is 19.2 Å². The molecule has 0 radical (unpaired) electrons. The highest BCUT2D eigenvalue weighted by atomic mass is 32.2. The molecule has 1 aromatic heterocycles. The van der Waals surface area contributed by atoms with Gasteiger partial charge in [0.1, 0.15) is 11.0 Å². The van der Waals surface area contributed by atoms with E-state index in [0.717, 1.165) is 10.7 Å². The van der Waals surface area contributed by atoms with Crippen molar-refractivity contribution in [2.75, 3.05) is 11.6 Å². The Bertz CT molecular complexity index is 491. The fourth-order valence-electron chi connectivity index (χ4n) is 1.75. The van der Waals surface area contributed by atoms with Crippen molar-refractivity contribution >= 4 is 35.1 Å². The van der Waals surface area contributed by atoms with Gasteiger partial charge in [0.15, 0.2) is 0 Å². The van der Waals surface area contributed by atoms with Crippen LogP contribution in [0.5, 0.6) is 0 Å². The van der Waals surface area contributed by atoms with Crippen LogP contribution in [0.2, 0.25) is 0 Å². The van der Waals surface area contributed by atoms with Crippen molar-refractivity contribution in [2.24, 2.45) is 0 Å². The van der Waals surface area contributed by atoms with Crippen molar-refractivity contribution in [1.29, 1.82) is 0 Å². The Morgan fingerprint density at radius 3 is 2.95 bits per heavy atom. The fraction of sp³-hybridized carbons (Fsp3) is 0.545. The standard InChI is InChI=1S/C11H15N3O3S2/c1-6-3-19-9(12-6)7(2)13-11(17)14-5-18-4-8(14)10(15)16/h3,7-8H,4-5H2,1-2H3,(H,13,17)(H,15,16)/t7?,8-/m0/s1. The molecule has 1 saturated heterocycles. The predicted octanol–water partition coefficient (Wildman–Crippen LogP) is 1.68. The van der Waals surface area contributed by atoms with Gasteiger partial charge in [-0.3, -0.25) is 0 Å². The summed E-state index contributed by atoms with van der Waals surface area (Å²) in [4.78, 5) is 28.8. The number of aliphatic carboxylic acids is 1. The van der Waals surface area contributed by atoms with Crippen LogP contribution < -0.4 is 5.32 Å². The van der Waals surface area contributed by atoms with E-state index in [-0.39, 0.29) is 12.1 Å². The van der Waals surface area contributed by atoms with Gasteiger partial charge in [-0.1, -0.05) is 0 Å². The van der Waals surface area contributed by atoms with Crippen molar-refractivity contribution in [1.82, 2.24) is 15.2 Å².